The molecule has 8 heteroatoms. The predicted octanol–water partition coefficient (Wildman–Crippen LogP) is -0.0467. The van der Waals surface area contributed by atoms with Crippen molar-refractivity contribution < 1.29 is 13.2 Å². The van der Waals surface area contributed by atoms with Gasteiger partial charge in [-0.25, -0.2) is 13.1 Å². The van der Waals surface area contributed by atoms with Crippen molar-refractivity contribution in [1.82, 2.24) is 19.4 Å². The van der Waals surface area contributed by atoms with Gasteiger partial charge in [-0.05, 0) is 19.3 Å². The number of ether oxygens (including phenoxy) is 1. The Kier molecular flexibility index (Phi) is 4.04. The molecule has 2 aliphatic rings. The van der Waals surface area contributed by atoms with E-state index in [-0.39, 0.29) is 10.4 Å². The predicted molar refractivity (Wildman–Crippen MR) is 77.4 cm³/mol. The van der Waals surface area contributed by atoms with Crippen LogP contribution in [0.5, 0.6) is 0 Å². The van der Waals surface area contributed by atoms with Crippen LogP contribution < -0.4 is 4.72 Å². The lowest BCUT2D eigenvalue weighted by atomic mass is 9.75. The summed E-state index contributed by atoms with van der Waals surface area (Å²) in [5.41, 5.74) is -0.0287. The molecule has 0 unspecified atom stereocenters. The van der Waals surface area contributed by atoms with E-state index in [4.69, 9.17) is 4.74 Å². The summed E-state index contributed by atoms with van der Waals surface area (Å²) in [7, 11) is -1.77. The first-order valence-corrected chi connectivity index (χ1v) is 8.81. The Labute approximate surface area is 125 Å². The van der Waals surface area contributed by atoms with Crippen LogP contribution in [0, 0.1) is 0 Å². The van der Waals surface area contributed by atoms with Crippen molar-refractivity contribution in [3.05, 3.63) is 12.4 Å². The smallest absolute Gasteiger partial charge is 0.243 e. The van der Waals surface area contributed by atoms with Gasteiger partial charge in [0, 0.05) is 38.4 Å². The number of hydrogen-bond acceptors (Lipinski definition) is 5. The Morgan fingerprint density at radius 1 is 1.38 bits per heavy atom. The quantitative estimate of drug-likeness (QED) is 0.825. The molecule has 1 saturated carbocycles. The topological polar surface area (TPSA) is 76.5 Å². The van der Waals surface area contributed by atoms with Crippen LogP contribution in [0.15, 0.2) is 17.3 Å². The Bertz CT molecular complexity index is 588. The lowest BCUT2D eigenvalue weighted by Crippen LogP contribution is -2.62. The van der Waals surface area contributed by atoms with Crippen LogP contribution in [0.1, 0.15) is 19.3 Å². The van der Waals surface area contributed by atoms with Gasteiger partial charge in [0.2, 0.25) is 10.0 Å². The van der Waals surface area contributed by atoms with Gasteiger partial charge >= 0.3 is 0 Å². The Morgan fingerprint density at radius 3 is 2.62 bits per heavy atom. The molecule has 2 heterocycles. The molecular weight excluding hydrogens is 292 g/mol. The molecule has 7 nitrogen and oxygen atoms in total. The first-order chi connectivity index (χ1) is 10.0. The average molecular weight is 314 g/mol. The van der Waals surface area contributed by atoms with Gasteiger partial charge in [-0.15, -0.1) is 0 Å². The number of nitrogens with zero attached hydrogens (tertiary/aromatic N) is 3. The number of morpholine rings is 1. The zero-order chi connectivity index (χ0) is 14.9. The largest absolute Gasteiger partial charge is 0.379 e. The van der Waals surface area contributed by atoms with Crippen LogP contribution >= 0.6 is 0 Å². The Balaban J connectivity index is 1.67. The third-order valence-corrected chi connectivity index (χ3v) is 5.90. The van der Waals surface area contributed by atoms with Gasteiger partial charge in [-0.1, -0.05) is 0 Å². The van der Waals surface area contributed by atoms with Crippen molar-refractivity contribution in [3.8, 4) is 0 Å². The molecule has 0 bridgehead atoms. The molecule has 1 aliphatic carbocycles. The summed E-state index contributed by atoms with van der Waals surface area (Å²) < 4.78 is 34.3. The highest BCUT2D eigenvalue weighted by atomic mass is 32.2. The fourth-order valence-corrected chi connectivity index (χ4v) is 4.18. The fraction of sp³-hybridized carbons (Fsp3) is 0.769. The molecule has 0 spiro atoms. The second-order valence-electron chi connectivity index (χ2n) is 5.85. The van der Waals surface area contributed by atoms with Gasteiger partial charge < -0.3 is 4.74 Å². The molecule has 1 aromatic heterocycles. The number of rotatable bonds is 5. The van der Waals surface area contributed by atoms with E-state index < -0.39 is 10.0 Å². The second-order valence-corrected chi connectivity index (χ2v) is 7.62. The number of aromatic nitrogens is 2. The Morgan fingerprint density at radius 2 is 2.10 bits per heavy atom. The van der Waals surface area contributed by atoms with Crippen molar-refractivity contribution >= 4 is 10.0 Å². The monoisotopic (exact) mass is 314 g/mol. The maximum absolute atomic E-state index is 12.3. The molecular formula is C13H22N4O3S. The van der Waals surface area contributed by atoms with Crippen molar-refractivity contribution in [3.63, 3.8) is 0 Å². The molecule has 1 N–H and O–H groups in total. The first kappa shape index (κ1) is 15.0. The molecule has 2 fully saturated rings. The molecule has 3 rings (SSSR count). The second kappa shape index (κ2) is 5.68. The van der Waals surface area contributed by atoms with Gasteiger partial charge in [-0.2, -0.15) is 5.10 Å². The lowest BCUT2D eigenvalue weighted by molar-refractivity contribution is -0.0527. The van der Waals surface area contributed by atoms with Crippen LogP contribution in [-0.2, 0) is 21.8 Å². The highest BCUT2D eigenvalue weighted by Crippen LogP contribution is 2.37. The molecule has 21 heavy (non-hydrogen) atoms. The number of sulfonamides is 1. The summed E-state index contributed by atoms with van der Waals surface area (Å²) in [4.78, 5) is 2.60. The molecule has 0 aromatic carbocycles. The summed E-state index contributed by atoms with van der Waals surface area (Å²) in [5, 5.41) is 3.92. The van der Waals surface area contributed by atoms with Crippen molar-refractivity contribution in [2.75, 3.05) is 32.8 Å². The summed E-state index contributed by atoms with van der Waals surface area (Å²) in [5.74, 6) is 0. The maximum Gasteiger partial charge on any atom is 0.243 e. The van der Waals surface area contributed by atoms with Crippen molar-refractivity contribution in [1.29, 1.82) is 0 Å². The zero-order valence-corrected chi connectivity index (χ0v) is 13.1. The van der Waals surface area contributed by atoms with E-state index in [0.717, 1.165) is 45.6 Å². The zero-order valence-electron chi connectivity index (χ0n) is 12.3. The number of aryl methyl sites for hydroxylation is 1. The minimum atomic E-state index is -3.48. The van der Waals surface area contributed by atoms with Crippen LogP contribution in [0.4, 0.5) is 0 Å². The van der Waals surface area contributed by atoms with E-state index in [1.54, 1.807) is 7.05 Å². The molecule has 1 aromatic rings. The molecule has 0 radical (unpaired) electrons. The molecule has 0 amide bonds. The highest BCUT2D eigenvalue weighted by Gasteiger charge is 2.43. The van der Waals surface area contributed by atoms with Crippen LogP contribution in [0.25, 0.3) is 0 Å². The van der Waals surface area contributed by atoms with E-state index >= 15 is 0 Å². The summed E-state index contributed by atoms with van der Waals surface area (Å²) in [6, 6.07) is 0. The standard InChI is InChI=1S/C13H22N4O3S/c1-16-10-12(9-14-16)21(18,19)15-11-13(3-2-4-13)17-5-7-20-8-6-17/h9-10,15H,2-8,11H2,1H3. The van der Waals surface area contributed by atoms with Gasteiger partial charge in [0.25, 0.3) is 0 Å². The highest BCUT2D eigenvalue weighted by molar-refractivity contribution is 7.89. The fourth-order valence-electron chi connectivity index (χ4n) is 3.08. The van der Waals surface area contributed by atoms with E-state index in [2.05, 4.69) is 14.7 Å². The SMILES string of the molecule is Cn1cc(S(=O)(=O)NCC2(N3CCOCC3)CCC2)cn1. The maximum atomic E-state index is 12.3. The first-order valence-electron chi connectivity index (χ1n) is 7.33. The van der Waals surface area contributed by atoms with E-state index in [0.29, 0.717) is 6.54 Å². The van der Waals surface area contributed by atoms with Crippen molar-refractivity contribution in [2.45, 2.75) is 29.7 Å². The lowest BCUT2D eigenvalue weighted by Gasteiger charge is -2.51. The van der Waals surface area contributed by atoms with Crippen molar-refractivity contribution in [2.24, 2.45) is 7.05 Å². The minimum Gasteiger partial charge on any atom is -0.379 e. The van der Waals surface area contributed by atoms with Gasteiger partial charge in [0.15, 0.2) is 0 Å². The molecule has 0 atom stereocenters. The van der Waals surface area contributed by atoms with Gasteiger partial charge in [0.1, 0.15) is 4.90 Å². The summed E-state index contributed by atoms with van der Waals surface area (Å²) in [6.45, 7) is 3.70. The number of nitrogens with one attached hydrogen (secondary N) is 1. The normalized spacial score (nSPS) is 22.9. The third kappa shape index (κ3) is 2.98. The average Bonchev–Trinajstić information content (AvgIpc) is 2.86. The van der Waals surface area contributed by atoms with Gasteiger partial charge in [0.05, 0.1) is 19.4 Å². The van der Waals surface area contributed by atoms with E-state index in [9.17, 15) is 8.42 Å². The van der Waals surface area contributed by atoms with Crippen LogP contribution in [-0.4, -0.2) is 61.5 Å². The van der Waals surface area contributed by atoms with Crippen LogP contribution in [0.3, 0.4) is 0 Å². The molecule has 1 aliphatic heterocycles. The third-order valence-electron chi connectivity index (χ3n) is 4.55. The van der Waals surface area contributed by atoms with E-state index in [1.165, 1.54) is 17.1 Å². The molecule has 118 valence electrons. The summed E-state index contributed by atoms with van der Waals surface area (Å²) in [6.07, 6.45) is 6.14. The minimum absolute atomic E-state index is 0.0287. The van der Waals surface area contributed by atoms with Gasteiger partial charge in [-0.3, -0.25) is 9.58 Å². The summed E-state index contributed by atoms with van der Waals surface area (Å²) >= 11 is 0. The van der Waals surface area contributed by atoms with Crippen LogP contribution in [0.2, 0.25) is 0 Å². The Hall–Kier alpha value is -0.960. The van der Waals surface area contributed by atoms with E-state index in [1.807, 2.05) is 0 Å². The number of hydrogen-bond donors (Lipinski definition) is 1. The molecule has 1 saturated heterocycles.